The molecule has 8 heteroatoms. The normalized spacial score (nSPS) is 11.7. The van der Waals surface area contributed by atoms with Crippen molar-refractivity contribution < 1.29 is 9.15 Å². The van der Waals surface area contributed by atoms with Gasteiger partial charge in [-0.25, -0.2) is 15.0 Å². The van der Waals surface area contributed by atoms with Gasteiger partial charge in [-0.15, -0.1) is 24.0 Å². The molecular weight excluding hydrogens is 445 g/mol. The van der Waals surface area contributed by atoms with E-state index in [9.17, 15) is 0 Å². The molecule has 0 radical (unpaired) electrons. The van der Waals surface area contributed by atoms with Gasteiger partial charge in [-0.1, -0.05) is 26.8 Å². The SMILES string of the molecule is CCNC(=NCc1cccnc1OC)NCc1ncc(C(C)(C)C)o1.I. The number of guanidine groups is 1. The van der Waals surface area contributed by atoms with Crippen LogP contribution in [-0.2, 0) is 18.5 Å². The zero-order valence-corrected chi connectivity index (χ0v) is 18.3. The van der Waals surface area contributed by atoms with E-state index in [0.29, 0.717) is 30.8 Å². The molecule has 0 unspecified atom stereocenters. The zero-order chi connectivity index (χ0) is 18.3. The molecule has 7 nitrogen and oxygen atoms in total. The van der Waals surface area contributed by atoms with Crippen LogP contribution in [0.4, 0.5) is 0 Å². The third-order valence-electron chi connectivity index (χ3n) is 3.49. The Bertz CT molecular complexity index is 710. The minimum absolute atomic E-state index is 0. The van der Waals surface area contributed by atoms with Gasteiger partial charge >= 0.3 is 0 Å². The molecule has 0 amide bonds. The molecule has 2 N–H and O–H groups in total. The second-order valence-electron chi connectivity index (χ2n) is 6.59. The molecule has 26 heavy (non-hydrogen) atoms. The first kappa shape index (κ1) is 22.2. The van der Waals surface area contributed by atoms with Crippen LogP contribution in [0.2, 0.25) is 0 Å². The molecule has 0 aromatic carbocycles. The third kappa shape index (κ3) is 6.47. The maximum atomic E-state index is 5.79. The number of nitrogens with one attached hydrogen (secondary N) is 2. The molecule has 144 valence electrons. The van der Waals surface area contributed by atoms with Crippen molar-refractivity contribution in [2.75, 3.05) is 13.7 Å². The molecule has 2 heterocycles. The number of aromatic nitrogens is 2. The maximum absolute atomic E-state index is 5.79. The van der Waals surface area contributed by atoms with Crippen LogP contribution in [0.15, 0.2) is 33.9 Å². The Balaban J connectivity index is 0.00000338. The number of methoxy groups -OCH3 is 1. The number of ether oxygens (including phenoxy) is 1. The fourth-order valence-electron chi connectivity index (χ4n) is 2.13. The first-order valence-electron chi connectivity index (χ1n) is 8.39. The lowest BCUT2D eigenvalue weighted by Crippen LogP contribution is -2.36. The lowest BCUT2D eigenvalue weighted by molar-refractivity contribution is 0.379. The van der Waals surface area contributed by atoms with Crippen LogP contribution in [0.1, 0.15) is 44.9 Å². The molecule has 0 aliphatic carbocycles. The maximum Gasteiger partial charge on any atom is 0.218 e. The Morgan fingerprint density at radius 1 is 1.27 bits per heavy atom. The van der Waals surface area contributed by atoms with E-state index in [0.717, 1.165) is 17.9 Å². The molecule has 0 saturated heterocycles. The minimum atomic E-state index is -0.0549. The lowest BCUT2D eigenvalue weighted by Gasteiger charge is -2.13. The van der Waals surface area contributed by atoms with E-state index in [2.05, 4.69) is 46.4 Å². The second kappa shape index (κ2) is 10.3. The van der Waals surface area contributed by atoms with Crippen LogP contribution in [0.3, 0.4) is 0 Å². The molecular formula is C18H28IN5O2. The fourth-order valence-corrected chi connectivity index (χ4v) is 2.13. The highest BCUT2D eigenvalue weighted by molar-refractivity contribution is 14.0. The van der Waals surface area contributed by atoms with Crippen molar-refractivity contribution in [3.05, 3.63) is 41.7 Å². The van der Waals surface area contributed by atoms with Crippen molar-refractivity contribution in [1.29, 1.82) is 0 Å². The Labute approximate surface area is 172 Å². The molecule has 0 spiro atoms. The molecule has 0 atom stereocenters. The number of rotatable bonds is 6. The Morgan fingerprint density at radius 2 is 2.04 bits per heavy atom. The van der Waals surface area contributed by atoms with Gasteiger partial charge < -0.3 is 19.8 Å². The summed E-state index contributed by atoms with van der Waals surface area (Å²) in [5, 5.41) is 6.44. The fraction of sp³-hybridized carbons (Fsp3) is 0.500. The van der Waals surface area contributed by atoms with Crippen molar-refractivity contribution in [2.45, 2.75) is 46.2 Å². The monoisotopic (exact) mass is 473 g/mol. The van der Waals surface area contributed by atoms with E-state index in [-0.39, 0.29) is 29.4 Å². The first-order valence-corrected chi connectivity index (χ1v) is 8.39. The van der Waals surface area contributed by atoms with Crippen LogP contribution in [0.5, 0.6) is 5.88 Å². The number of hydrogen-bond donors (Lipinski definition) is 2. The molecule has 0 aliphatic rings. The van der Waals surface area contributed by atoms with Gasteiger partial charge in [-0.05, 0) is 13.0 Å². The predicted octanol–water partition coefficient (Wildman–Crippen LogP) is 3.25. The summed E-state index contributed by atoms with van der Waals surface area (Å²) < 4.78 is 11.0. The van der Waals surface area contributed by atoms with Crippen LogP contribution in [0, 0.1) is 0 Å². The number of aliphatic imine (C=N–C) groups is 1. The Morgan fingerprint density at radius 3 is 2.65 bits per heavy atom. The standard InChI is InChI=1S/C18H27N5O2.HI/c1-6-19-17(22-10-13-8-7-9-20-16(13)24-5)23-12-15-21-11-14(25-15)18(2,3)4;/h7-9,11H,6,10,12H2,1-5H3,(H2,19,22,23);1H. The van der Waals surface area contributed by atoms with Gasteiger partial charge in [0.2, 0.25) is 11.8 Å². The first-order chi connectivity index (χ1) is 11.9. The smallest absolute Gasteiger partial charge is 0.218 e. The molecule has 0 bridgehead atoms. The van der Waals surface area contributed by atoms with Crippen LogP contribution >= 0.6 is 24.0 Å². The summed E-state index contributed by atoms with van der Waals surface area (Å²) in [6.45, 7) is 9.99. The van der Waals surface area contributed by atoms with Gasteiger partial charge in [0.15, 0.2) is 5.96 Å². The van der Waals surface area contributed by atoms with E-state index in [1.807, 2.05) is 19.1 Å². The van der Waals surface area contributed by atoms with Gasteiger partial charge in [0.05, 0.1) is 26.4 Å². The quantitative estimate of drug-likeness (QED) is 0.381. The number of hydrogen-bond acceptors (Lipinski definition) is 5. The summed E-state index contributed by atoms with van der Waals surface area (Å²) >= 11 is 0. The van der Waals surface area contributed by atoms with E-state index in [1.54, 1.807) is 19.5 Å². The summed E-state index contributed by atoms with van der Waals surface area (Å²) in [6, 6.07) is 3.82. The average molecular weight is 473 g/mol. The van der Waals surface area contributed by atoms with E-state index in [1.165, 1.54) is 0 Å². The molecule has 2 rings (SSSR count). The van der Waals surface area contributed by atoms with Gasteiger partial charge in [0.1, 0.15) is 5.76 Å². The van der Waals surface area contributed by atoms with Gasteiger partial charge in [-0.3, -0.25) is 0 Å². The Kier molecular flexibility index (Phi) is 8.83. The summed E-state index contributed by atoms with van der Waals surface area (Å²) in [7, 11) is 1.61. The number of nitrogens with zero attached hydrogens (tertiary/aromatic N) is 3. The van der Waals surface area contributed by atoms with Crippen molar-refractivity contribution in [3.8, 4) is 5.88 Å². The average Bonchev–Trinajstić information content (AvgIpc) is 3.07. The van der Waals surface area contributed by atoms with Gasteiger partial charge in [0, 0.05) is 23.7 Å². The lowest BCUT2D eigenvalue weighted by atomic mass is 9.94. The summed E-state index contributed by atoms with van der Waals surface area (Å²) in [5.41, 5.74) is 0.870. The van der Waals surface area contributed by atoms with Crippen molar-refractivity contribution in [1.82, 2.24) is 20.6 Å². The Hall–Kier alpha value is -1.84. The highest BCUT2D eigenvalue weighted by Gasteiger charge is 2.19. The topological polar surface area (TPSA) is 84.6 Å². The number of oxazole rings is 1. The second-order valence-corrected chi connectivity index (χ2v) is 6.59. The van der Waals surface area contributed by atoms with Crippen LogP contribution in [-0.4, -0.2) is 29.6 Å². The molecule has 2 aromatic heterocycles. The van der Waals surface area contributed by atoms with E-state index in [4.69, 9.17) is 9.15 Å². The summed E-state index contributed by atoms with van der Waals surface area (Å²) in [4.78, 5) is 13.1. The molecule has 0 aliphatic heterocycles. The molecule has 2 aromatic rings. The molecule has 0 saturated carbocycles. The van der Waals surface area contributed by atoms with Crippen LogP contribution < -0.4 is 15.4 Å². The third-order valence-corrected chi connectivity index (χ3v) is 3.49. The van der Waals surface area contributed by atoms with Gasteiger partial charge in [0.25, 0.3) is 0 Å². The highest BCUT2D eigenvalue weighted by atomic mass is 127. The zero-order valence-electron chi connectivity index (χ0n) is 16.0. The largest absolute Gasteiger partial charge is 0.481 e. The van der Waals surface area contributed by atoms with Gasteiger partial charge in [-0.2, -0.15) is 0 Å². The number of halogens is 1. The van der Waals surface area contributed by atoms with Crippen LogP contribution in [0.25, 0.3) is 0 Å². The minimum Gasteiger partial charge on any atom is -0.481 e. The van der Waals surface area contributed by atoms with Crippen molar-refractivity contribution in [3.63, 3.8) is 0 Å². The van der Waals surface area contributed by atoms with E-state index < -0.39 is 0 Å². The van der Waals surface area contributed by atoms with Crippen molar-refractivity contribution >= 4 is 29.9 Å². The summed E-state index contributed by atoms with van der Waals surface area (Å²) in [5.74, 6) is 2.77. The van der Waals surface area contributed by atoms with E-state index >= 15 is 0 Å². The highest BCUT2D eigenvalue weighted by Crippen LogP contribution is 2.22. The molecule has 0 fully saturated rings. The summed E-state index contributed by atoms with van der Waals surface area (Å²) in [6.07, 6.45) is 3.48. The predicted molar refractivity (Wildman–Crippen MR) is 113 cm³/mol. The number of pyridine rings is 1. The van der Waals surface area contributed by atoms with Crippen molar-refractivity contribution in [2.24, 2.45) is 4.99 Å².